The fraction of sp³-hybridized carbons (Fsp3) is 0.375. The normalized spacial score (nSPS) is 14.0. The second kappa shape index (κ2) is 5.51. The minimum atomic E-state index is -0.572. The van der Waals surface area contributed by atoms with Crippen molar-refractivity contribution < 1.29 is 13.5 Å². The smallest absolute Gasteiger partial charge is 0.178 e. The molecule has 0 amide bonds. The van der Waals surface area contributed by atoms with Gasteiger partial charge >= 0.3 is 0 Å². The third-order valence-electron chi connectivity index (χ3n) is 3.67. The van der Waals surface area contributed by atoms with E-state index in [1.807, 2.05) is 18.7 Å². The molecule has 0 bridgehead atoms. The summed E-state index contributed by atoms with van der Waals surface area (Å²) >= 11 is 0. The molecule has 2 heterocycles. The van der Waals surface area contributed by atoms with Gasteiger partial charge in [0.1, 0.15) is 18.1 Å². The van der Waals surface area contributed by atoms with Gasteiger partial charge in [-0.3, -0.25) is 0 Å². The summed E-state index contributed by atoms with van der Waals surface area (Å²) < 4.78 is 33.8. The summed E-state index contributed by atoms with van der Waals surface area (Å²) in [5, 5.41) is 0. The van der Waals surface area contributed by atoms with Gasteiger partial charge in [-0.25, -0.2) is 18.7 Å². The van der Waals surface area contributed by atoms with Gasteiger partial charge in [-0.15, -0.1) is 0 Å². The largest absolute Gasteiger partial charge is 0.486 e. The molecule has 3 rings (SSSR count). The van der Waals surface area contributed by atoms with Crippen LogP contribution >= 0.6 is 0 Å². The highest BCUT2D eigenvalue weighted by Gasteiger charge is 2.25. The second-order valence-corrected chi connectivity index (χ2v) is 5.56. The summed E-state index contributed by atoms with van der Waals surface area (Å²) in [4.78, 5) is 9.93. The summed E-state index contributed by atoms with van der Waals surface area (Å²) in [7, 11) is 0. The van der Waals surface area contributed by atoms with Crippen LogP contribution in [0.25, 0.3) is 11.3 Å². The number of hydrogen-bond donors (Lipinski definition) is 0. The van der Waals surface area contributed by atoms with Crippen LogP contribution in [0.3, 0.4) is 0 Å². The molecule has 0 saturated heterocycles. The third kappa shape index (κ3) is 2.49. The summed E-state index contributed by atoms with van der Waals surface area (Å²) in [6.07, 6.45) is 1.10. The van der Waals surface area contributed by atoms with Gasteiger partial charge in [0.2, 0.25) is 0 Å². The molecule has 0 fully saturated rings. The van der Waals surface area contributed by atoms with Crippen molar-refractivity contribution in [3.05, 3.63) is 35.8 Å². The molecule has 116 valence electrons. The first kappa shape index (κ1) is 14.7. The molecule has 0 radical (unpaired) electrons. The van der Waals surface area contributed by atoms with Crippen molar-refractivity contribution in [3.8, 4) is 17.0 Å². The predicted octanol–water partition coefficient (Wildman–Crippen LogP) is 3.34. The second-order valence-electron chi connectivity index (χ2n) is 5.56. The molecule has 1 aliphatic rings. The Kier molecular flexibility index (Phi) is 3.68. The highest BCUT2D eigenvalue weighted by molar-refractivity contribution is 5.72. The lowest BCUT2D eigenvalue weighted by Crippen LogP contribution is -2.38. The van der Waals surface area contributed by atoms with E-state index in [1.165, 1.54) is 6.07 Å². The van der Waals surface area contributed by atoms with Gasteiger partial charge in [0.15, 0.2) is 17.4 Å². The number of hydrogen-bond acceptors (Lipinski definition) is 4. The minimum Gasteiger partial charge on any atom is -0.486 e. The first-order valence-electron chi connectivity index (χ1n) is 7.20. The van der Waals surface area contributed by atoms with Crippen LogP contribution in [-0.2, 0) is 0 Å². The van der Waals surface area contributed by atoms with Gasteiger partial charge in [-0.1, -0.05) is 0 Å². The van der Waals surface area contributed by atoms with E-state index in [9.17, 15) is 8.78 Å². The van der Waals surface area contributed by atoms with Gasteiger partial charge < -0.3 is 9.64 Å². The molecule has 6 heteroatoms. The number of halogens is 2. The molecular formula is C16H17F2N3O. The molecule has 0 saturated carbocycles. The molecule has 1 aromatic carbocycles. The van der Waals surface area contributed by atoms with E-state index in [-0.39, 0.29) is 17.5 Å². The topological polar surface area (TPSA) is 38.2 Å². The van der Waals surface area contributed by atoms with E-state index in [0.717, 1.165) is 6.20 Å². The molecule has 0 aliphatic carbocycles. The van der Waals surface area contributed by atoms with Crippen LogP contribution in [0.4, 0.5) is 14.5 Å². The van der Waals surface area contributed by atoms with E-state index in [1.54, 1.807) is 13.0 Å². The SMILES string of the molecule is Cc1ncc(F)c(-c2cc(F)c3c(c2)N(C(C)C)CCO3)n1. The fourth-order valence-corrected chi connectivity index (χ4v) is 2.63. The van der Waals surface area contributed by atoms with Gasteiger partial charge in [0, 0.05) is 11.6 Å². The fourth-order valence-electron chi connectivity index (χ4n) is 2.63. The maximum atomic E-state index is 14.4. The minimum absolute atomic E-state index is 0.100. The van der Waals surface area contributed by atoms with E-state index < -0.39 is 11.6 Å². The number of anilines is 1. The predicted molar refractivity (Wildman–Crippen MR) is 80.1 cm³/mol. The molecule has 2 aromatic rings. The van der Waals surface area contributed by atoms with Crippen molar-refractivity contribution in [1.29, 1.82) is 0 Å². The van der Waals surface area contributed by atoms with E-state index in [2.05, 4.69) is 9.97 Å². The Bertz CT molecular complexity index is 719. The molecule has 22 heavy (non-hydrogen) atoms. The maximum Gasteiger partial charge on any atom is 0.178 e. The van der Waals surface area contributed by atoms with Crippen LogP contribution in [0.2, 0.25) is 0 Å². The van der Waals surface area contributed by atoms with E-state index in [4.69, 9.17) is 4.74 Å². The summed E-state index contributed by atoms with van der Waals surface area (Å²) in [6.45, 7) is 6.81. The number of aromatic nitrogens is 2. The van der Waals surface area contributed by atoms with Crippen molar-refractivity contribution in [3.63, 3.8) is 0 Å². The lowest BCUT2D eigenvalue weighted by Gasteiger charge is -2.34. The Morgan fingerprint density at radius 2 is 2.00 bits per heavy atom. The zero-order chi connectivity index (χ0) is 15.9. The number of fused-ring (bicyclic) bond motifs is 1. The van der Waals surface area contributed by atoms with Crippen molar-refractivity contribution in [1.82, 2.24) is 9.97 Å². The molecular weight excluding hydrogens is 288 g/mol. The number of ether oxygens (including phenoxy) is 1. The Morgan fingerprint density at radius 3 is 2.73 bits per heavy atom. The Hall–Kier alpha value is -2.24. The number of aryl methyl sites for hydroxylation is 1. The Labute approximate surface area is 127 Å². The standard InChI is InChI=1S/C16H17F2N3O/c1-9(2)21-4-5-22-16-12(17)6-11(7-14(16)21)15-13(18)8-19-10(3)20-15/h6-9H,4-5H2,1-3H3. The molecule has 1 aliphatic heterocycles. The van der Waals surface area contributed by atoms with Crippen LogP contribution in [0.5, 0.6) is 5.75 Å². The van der Waals surface area contributed by atoms with Crippen molar-refractivity contribution in [2.45, 2.75) is 26.8 Å². The molecule has 0 unspecified atom stereocenters. The number of nitrogens with zero attached hydrogens (tertiary/aromatic N) is 3. The number of rotatable bonds is 2. The number of benzene rings is 1. The lowest BCUT2D eigenvalue weighted by molar-refractivity contribution is 0.287. The van der Waals surface area contributed by atoms with E-state index >= 15 is 0 Å². The van der Waals surface area contributed by atoms with Crippen molar-refractivity contribution in [2.24, 2.45) is 0 Å². The highest BCUT2D eigenvalue weighted by atomic mass is 19.1. The average Bonchev–Trinajstić information content (AvgIpc) is 2.49. The van der Waals surface area contributed by atoms with Crippen LogP contribution in [-0.4, -0.2) is 29.2 Å². The monoisotopic (exact) mass is 305 g/mol. The van der Waals surface area contributed by atoms with Gasteiger partial charge in [0.05, 0.1) is 18.4 Å². The average molecular weight is 305 g/mol. The zero-order valence-corrected chi connectivity index (χ0v) is 12.7. The molecule has 0 N–H and O–H groups in total. The quantitative estimate of drug-likeness (QED) is 0.853. The highest BCUT2D eigenvalue weighted by Crippen LogP contribution is 2.39. The lowest BCUT2D eigenvalue weighted by atomic mass is 10.1. The van der Waals surface area contributed by atoms with Crippen LogP contribution in [0, 0.1) is 18.6 Å². The van der Waals surface area contributed by atoms with Crippen LogP contribution < -0.4 is 9.64 Å². The van der Waals surface area contributed by atoms with E-state index in [0.29, 0.717) is 30.2 Å². The summed E-state index contributed by atoms with van der Waals surface area (Å²) in [6, 6.07) is 3.17. The van der Waals surface area contributed by atoms with Crippen LogP contribution in [0.1, 0.15) is 19.7 Å². The summed E-state index contributed by atoms with van der Waals surface area (Å²) in [5.74, 6) is -0.423. The van der Waals surface area contributed by atoms with Crippen molar-refractivity contribution in [2.75, 3.05) is 18.1 Å². The van der Waals surface area contributed by atoms with Crippen LogP contribution in [0.15, 0.2) is 18.3 Å². The first-order chi connectivity index (χ1) is 10.5. The van der Waals surface area contributed by atoms with Gasteiger partial charge in [0.25, 0.3) is 0 Å². The molecule has 0 spiro atoms. The Morgan fingerprint density at radius 1 is 1.23 bits per heavy atom. The molecule has 4 nitrogen and oxygen atoms in total. The maximum absolute atomic E-state index is 14.4. The van der Waals surface area contributed by atoms with Gasteiger partial charge in [-0.05, 0) is 32.9 Å². The zero-order valence-electron chi connectivity index (χ0n) is 12.7. The molecule has 0 atom stereocenters. The molecule has 1 aromatic heterocycles. The first-order valence-corrected chi connectivity index (χ1v) is 7.20. The third-order valence-corrected chi connectivity index (χ3v) is 3.67. The Balaban J connectivity index is 2.17. The van der Waals surface area contributed by atoms with Gasteiger partial charge in [-0.2, -0.15) is 0 Å². The van der Waals surface area contributed by atoms with Crippen molar-refractivity contribution >= 4 is 5.69 Å². The summed E-state index contributed by atoms with van der Waals surface area (Å²) in [5.41, 5.74) is 1.12.